The summed E-state index contributed by atoms with van der Waals surface area (Å²) in [5.74, 6) is 0.761. The molecule has 24 heavy (non-hydrogen) atoms. The van der Waals surface area contributed by atoms with Crippen molar-refractivity contribution in [2.45, 2.75) is 24.4 Å². The van der Waals surface area contributed by atoms with Crippen LogP contribution in [0.2, 0.25) is 5.02 Å². The van der Waals surface area contributed by atoms with Crippen LogP contribution >= 0.6 is 11.6 Å². The Bertz CT molecular complexity index is 741. The SMILES string of the molecule is O=C(NC1COc2ccc(Cl)cc21)C1(n2cccn2)CCNCC1. The number of carbonyl (C=O) groups excluding carboxylic acids is 1. The van der Waals surface area contributed by atoms with Gasteiger partial charge in [0.15, 0.2) is 0 Å². The van der Waals surface area contributed by atoms with Gasteiger partial charge in [-0.2, -0.15) is 5.10 Å². The van der Waals surface area contributed by atoms with E-state index in [4.69, 9.17) is 16.3 Å². The third-order valence-corrected chi connectivity index (χ3v) is 5.09. The summed E-state index contributed by atoms with van der Waals surface area (Å²) in [7, 11) is 0. The van der Waals surface area contributed by atoms with E-state index in [-0.39, 0.29) is 11.9 Å². The number of carbonyl (C=O) groups is 1. The zero-order valence-electron chi connectivity index (χ0n) is 13.2. The largest absolute Gasteiger partial charge is 0.491 e. The Hall–Kier alpha value is -2.05. The van der Waals surface area contributed by atoms with Crippen molar-refractivity contribution in [1.82, 2.24) is 20.4 Å². The lowest BCUT2D eigenvalue weighted by atomic mass is 9.87. The Kier molecular flexibility index (Phi) is 3.94. The van der Waals surface area contributed by atoms with E-state index in [1.54, 1.807) is 16.9 Å². The molecule has 2 aliphatic rings. The molecule has 6 nitrogen and oxygen atoms in total. The van der Waals surface area contributed by atoms with E-state index < -0.39 is 5.54 Å². The molecule has 1 unspecified atom stereocenters. The van der Waals surface area contributed by atoms with E-state index in [1.165, 1.54) is 0 Å². The minimum atomic E-state index is -0.657. The number of nitrogens with one attached hydrogen (secondary N) is 2. The summed E-state index contributed by atoms with van der Waals surface area (Å²) in [6, 6.07) is 7.16. The van der Waals surface area contributed by atoms with E-state index in [0.29, 0.717) is 24.5 Å². The molecule has 1 aromatic heterocycles. The van der Waals surface area contributed by atoms with Crippen molar-refractivity contribution in [1.29, 1.82) is 0 Å². The monoisotopic (exact) mass is 346 g/mol. The maximum atomic E-state index is 13.2. The molecule has 3 heterocycles. The third kappa shape index (κ3) is 2.56. The lowest BCUT2D eigenvalue weighted by Gasteiger charge is -2.37. The Morgan fingerprint density at radius 1 is 1.42 bits per heavy atom. The average molecular weight is 347 g/mol. The molecule has 2 N–H and O–H groups in total. The molecule has 1 atom stereocenters. The quantitative estimate of drug-likeness (QED) is 0.890. The molecule has 7 heteroatoms. The van der Waals surface area contributed by atoms with Gasteiger partial charge in [0.2, 0.25) is 5.91 Å². The number of hydrogen-bond donors (Lipinski definition) is 2. The first kappa shape index (κ1) is 15.5. The average Bonchev–Trinajstić information content (AvgIpc) is 3.26. The molecule has 0 radical (unpaired) electrons. The standard InChI is InChI=1S/C17H19ClN4O2/c18-12-2-3-15-13(10-12)14(11-24-15)21-16(23)17(4-7-19-8-5-17)22-9-1-6-20-22/h1-3,6,9-10,14,19H,4-5,7-8,11H2,(H,21,23). The first-order chi connectivity index (χ1) is 11.7. The van der Waals surface area contributed by atoms with Crippen molar-refractivity contribution in [2.24, 2.45) is 0 Å². The Morgan fingerprint density at radius 2 is 2.25 bits per heavy atom. The van der Waals surface area contributed by atoms with Crippen molar-refractivity contribution in [3.05, 3.63) is 47.2 Å². The maximum Gasteiger partial charge on any atom is 0.248 e. The van der Waals surface area contributed by atoms with Crippen molar-refractivity contribution in [3.8, 4) is 5.75 Å². The number of ether oxygens (including phenoxy) is 1. The summed E-state index contributed by atoms with van der Waals surface area (Å²) in [6.45, 7) is 2.00. The van der Waals surface area contributed by atoms with Crippen LogP contribution in [0.5, 0.6) is 5.75 Å². The number of piperidine rings is 1. The van der Waals surface area contributed by atoms with Crippen LogP contribution < -0.4 is 15.4 Å². The highest BCUT2D eigenvalue weighted by molar-refractivity contribution is 6.30. The molecule has 126 valence electrons. The molecule has 4 rings (SSSR count). The van der Waals surface area contributed by atoms with Crippen LogP contribution in [0.3, 0.4) is 0 Å². The van der Waals surface area contributed by atoms with Gasteiger partial charge in [-0.25, -0.2) is 0 Å². The molecule has 0 saturated carbocycles. The van der Waals surface area contributed by atoms with Gasteiger partial charge in [-0.1, -0.05) is 11.6 Å². The number of halogens is 1. The molecule has 1 amide bonds. The molecule has 1 saturated heterocycles. The van der Waals surface area contributed by atoms with Crippen molar-refractivity contribution >= 4 is 17.5 Å². The van der Waals surface area contributed by atoms with Crippen molar-refractivity contribution < 1.29 is 9.53 Å². The third-order valence-electron chi connectivity index (χ3n) is 4.85. The van der Waals surface area contributed by atoms with Crippen LogP contribution in [0, 0.1) is 0 Å². The summed E-state index contributed by atoms with van der Waals surface area (Å²) < 4.78 is 7.46. The lowest BCUT2D eigenvalue weighted by molar-refractivity contribution is -0.132. The first-order valence-corrected chi connectivity index (χ1v) is 8.51. The molecular weight excluding hydrogens is 328 g/mol. The Balaban J connectivity index is 1.60. The van der Waals surface area contributed by atoms with Crippen molar-refractivity contribution in [3.63, 3.8) is 0 Å². The predicted octanol–water partition coefficient (Wildman–Crippen LogP) is 1.87. The molecule has 1 aromatic carbocycles. The van der Waals surface area contributed by atoms with Gasteiger partial charge in [0.05, 0.1) is 6.04 Å². The Morgan fingerprint density at radius 3 is 3.00 bits per heavy atom. The van der Waals surface area contributed by atoms with Gasteiger partial charge in [-0.3, -0.25) is 9.48 Å². The summed E-state index contributed by atoms with van der Waals surface area (Å²) in [6.07, 6.45) is 4.98. The molecular formula is C17H19ClN4O2. The van der Waals surface area contributed by atoms with Crippen LogP contribution in [0.25, 0.3) is 0 Å². The normalized spacial score (nSPS) is 21.8. The van der Waals surface area contributed by atoms with Gasteiger partial charge in [-0.15, -0.1) is 0 Å². The van der Waals surface area contributed by atoms with E-state index in [1.807, 2.05) is 24.4 Å². The van der Waals surface area contributed by atoms with Gasteiger partial charge in [0, 0.05) is 23.0 Å². The fourth-order valence-electron chi connectivity index (χ4n) is 3.52. The van der Waals surface area contributed by atoms with Gasteiger partial charge in [0.1, 0.15) is 17.9 Å². The first-order valence-electron chi connectivity index (χ1n) is 8.13. The van der Waals surface area contributed by atoms with Gasteiger partial charge in [-0.05, 0) is 50.2 Å². The summed E-state index contributed by atoms with van der Waals surface area (Å²) >= 11 is 6.09. The highest BCUT2D eigenvalue weighted by Crippen LogP contribution is 2.35. The van der Waals surface area contributed by atoms with Crippen LogP contribution in [0.1, 0.15) is 24.4 Å². The second-order valence-corrected chi connectivity index (χ2v) is 6.69. The zero-order chi connectivity index (χ0) is 16.6. The van der Waals surface area contributed by atoms with Crippen molar-refractivity contribution in [2.75, 3.05) is 19.7 Å². The van der Waals surface area contributed by atoms with E-state index in [0.717, 1.165) is 24.4 Å². The molecule has 1 fully saturated rings. The highest BCUT2D eigenvalue weighted by atomic mass is 35.5. The fraction of sp³-hybridized carbons (Fsp3) is 0.412. The molecule has 2 aromatic rings. The molecule has 0 bridgehead atoms. The number of amides is 1. The summed E-state index contributed by atoms with van der Waals surface area (Å²) in [5.41, 5.74) is 0.274. The smallest absolute Gasteiger partial charge is 0.248 e. The van der Waals surface area contributed by atoms with Gasteiger partial charge in [0.25, 0.3) is 0 Å². The van der Waals surface area contributed by atoms with E-state index in [2.05, 4.69) is 15.7 Å². The maximum absolute atomic E-state index is 13.2. The van der Waals surface area contributed by atoms with Crippen LogP contribution in [0.15, 0.2) is 36.7 Å². The Labute approximate surface area is 145 Å². The fourth-order valence-corrected chi connectivity index (χ4v) is 3.70. The second kappa shape index (κ2) is 6.11. The zero-order valence-corrected chi connectivity index (χ0v) is 13.9. The number of nitrogens with zero attached hydrogens (tertiary/aromatic N) is 2. The topological polar surface area (TPSA) is 68.2 Å². The highest BCUT2D eigenvalue weighted by Gasteiger charge is 2.43. The van der Waals surface area contributed by atoms with Gasteiger partial charge < -0.3 is 15.4 Å². The van der Waals surface area contributed by atoms with E-state index >= 15 is 0 Å². The number of fused-ring (bicyclic) bond motifs is 1. The minimum Gasteiger partial charge on any atom is -0.491 e. The number of benzene rings is 1. The summed E-state index contributed by atoms with van der Waals surface area (Å²) in [5, 5.41) is 11.4. The van der Waals surface area contributed by atoms with Crippen LogP contribution in [-0.4, -0.2) is 35.4 Å². The lowest BCUT2D eigenvalue weighted by Crippen LogP contribution is -2.55. The molecule has 2 aliphatic heterocycles. The predicted molar refractivity (Wildman–Crippen MR) is 90.1 cm³/mol. The van der Waals surface area contributed by atoms with Crippen LogP contribution in [-0.2, 0) is 10.3 Å². The number of rotatable bonds is 3. The summed E-state index contributed by atoms with van der Waals surface area (Å²) in [4.78, 5) is 13.2. The van der Waals surface area contributed by atoms with Crippen LogP contribution in [0.4, 0.5) is 0 Å². The number of hydrogen-bond acceptors (Lipinski definition) is 4. The second-order valence-electron chi connectivity index (χ2n) is 6.25. The molecule has 0 aliphatic carbocycles. The number of aromatic nitrogens is 2. The minimum absolute atomic E-state index is 0.0193. The molecule has 0 spiro atoms. The van der Waals surface area contributed by atoms with E-state index in [9.17, 15) is 4.79 Å². The van der Waals surface area contributed by atoms with Gasteiger partial charge >= 0.3 is 0 Å².